The summed E-state index contributed by atoms with van der Waals surface area (Å²) in [6.07, 6.45) is 3.16. The van der Waals surface area contributed by atoms with E-state index in [2.05, 4.69) is 0 Å². The zero-order valence-corrected chi connectivity index (χ0v) is 8.90. The highest BCUT2D eigenvalue weighted by molar-refractivity contribution is 5.49. The van der Waals surface area contributed by atoms with Crippen molar-refractivity contribution in [3.63, 3.8) is 0 Å². The van der Waals surface area contributed by atoms with Crippen LogP contribution >= 0.6 is 0 Å². The van der Waals surface area contributed by atoms with Gasteiger partial charge in [-0.2, -0.15) is 0 Å². The molecule has 0 bridgehead atoms. The fraction of sp³-hybridized carbons (Fsp3) is 0.417. The quantitative estimate of drug-likeness (QED) is 0.576. The number of ether oxygens (including phenoxy) is 1. The minimum absolute atomic E-state index is 0.163. The molecule has 1 rings (SSSR count). The Morgan fingerprint density at radius 2 is 2.27 bits per heavy atom. The molecule has 0 atom stereocenters. The van der Waals surface area contributed by atoms with Gasteiger partial charge >= 0.3 is 0 Å². The molecule has 0 heterocycles. The number of hydrogen-bond acceptors (Lipinski definition) is 3. The first-order valence-electron chi connectivity index (χ1n) is 5.16. The monoisotopic (exact) mass is 208 g/mol. The van der Waals surface area contributed by atoms with Crippen LogP contribution in [-0.4, -0.2) is 18.0 Å². The van der Waals surface area contributed by atoms with E-state index >= 15 is 0 Å². The van der Waals surface area contributed by atoms with Crippen molar-refractivity contribution in [2.75, 3.05) is 6.61 Å². The summed E-state index contributed by atoms with van der Waals surface area (Å²) < 4.78 is 5.26. The van der Waals surface area contributed by atoms with Crippen LogP contribution in [-0.2, 0) is 11.2 Å². The molecule has 0 fully saturated rings. The van der Waals surface area contributed by atoms with E-state index in [9.17, 15) is 9.90 Å². The van der Waals surface area contributed by atoms with Crippen molar-refractivity contribution in [3.05, 3.63) is 23.8 Å². The van der Waals surface area contributed by atoms with Gasteiger partial charge in [-0.15, -0.1) is 0 Å². The second kappa shape index (κ2) is 6.06. The first kappa shape index (κ1) is 11.6. The first-order valence-corrected chi connectivity index (χ1v) is 5.16. The molecule has 0 unspecified atom stereocenters. The Morgan fingerprint density at radius 1 is 1.47 bits per heavy atom. The summed E-state index contributed by atoms with van der Waals surface area (Å²) in [5, 5.41) is 9.46. The van der Waals surface area contributed by atoms with Crippen molar-refractivity contribution in [2.45, 2.75) is 26.2 Å². The maximum atomic E-state index is 10.2. The highest BCUT2D eigenvalue weighted by Gasteiger charge is 2.02. The topological polar surface area (TPSA) is 46.5 Å². The number of carbonyl (C=O) groups excluding carboxylic acids is 1. The number of phenols is 1. The Hall–Kier alpha value is -1.51. The standard InChI is InChI=1S/C12H16O3/c1-2-15-12-9-10(5-3-4-8-13)6-7-11(12)14/h6-9,14H,2-5H2,1H3. The van der Waals surface area contributed by atoms with Gasteiger partial charge < -0.3 is 14.6 Å². The van der Waals surface area contributed by atoms with Crippen LogP contribution in [0.15, 0.2) is 18.2 Å². The van der Waals surface area contributed by atoms with E-state index in [1.54, 1.807) is 6.07 Å². The third kappa shape index (κ3) is 3.62. The molecule has 1 aromatic rings. The van der Waals surface area contributed by atoms with E-state index in [0.29, 0.717) is 18.8 Å². The predicted octanol–water partition coefficient (Wildman–Crippen LogP) is 2.31. The van der Waals surface area contributed by atoms with Crippen LogP contribution in [0, 0.1) is 0 Å². The molecular weight excluding hydrogens is 192 g/mol. The Morgan fingerprint density at radius 3 is 2.93 bits per heavy atom. The minimum Gasteiger partial charge on any atom is -0.504 e. The van der Waals surface area contributed by atoms with Gasteiger partial charge in [-0.05, 0) is 37.5 Å². The van der Waals surface area contributed by atoms with Gasteiger partial charge in [0.05, 0.1) is 6.61 Å². The molecule has 3 heteroatoms. The van der Waals surface area contributed by atoms with Crippen LogP contribution in [0.1, 0.15) is 25.3 Å². The van der Waals surface area contributed by atoms with E-state index in [4.69, 9.17) is 4.74 Å². The van der Waals surface area contributed by atoms with Gasteiger partial charge in [-0.3, -0.25) is 0 Å². The number of benzene rings is 1. The second-order valence-electron chi connectivity index (χ2n) is 3.29. The maximum absolute atomic E-state index is 10.2. The molecule has 0 amide bonds. The number of hydrogen-bond donors (Lipinski definition) is 1. The summed E-state index contributed by atoms with van der Waals surface area (Å²) in [6, 6.07) is 5.30. The van der Waals surface area contributed by atoms with E-state index in [1.807, 2.05) is 19.1 Å². The highest BCUT2D eigenvalue weighted by atomic mass is 16.5. The summed E-state index contributed by atoms with van der Waals surface area (Å²) >= 11 is 0. The molecule has 3 nitrogen and oxygen atoms in total. The van der Waals surface area contributed by atoms with Gasteiger partial charge in [0.2, 0.25) is 0 Å². The van der Waals surface area contributed by atoms with Crippen LogP contribution in [0.2, 0.25) is 0 Å². The number of aldehydes is 1. The Labute approximate surface area is 89.7 Å². The van der Waals surface area contributed by atoms with Crippen LogP contribution in [0.3, 0.4) is 0 Å². The number of carbonyl (C=O) groups is 1. The van der Waals surface area contributed by atoms with Gasteiger partial charge in [0.25, 0.3) is 0 Å². The average molecular weight is 208 g/mol. The summed E-state index contributed by atoms with van der Waals surface area (Å²) in [6.45, 7) is 2.41. The van der Waals surface area contributed by atoms with Crippen molar-refractivity contribution in [2.24, 2.45) is 0 Å². The molecule has 0 aliphatic heterocycles. The SMILES string of the molecule is CCOc1cc(CCCC=O)ccc1O. The number of aryl methyl sites for hydroxylation is 1. The van der Waals surface area contributed by atoms with Crippen LogP contribution in [0.4, 0.5) is 0 Å². The van der Waals surface area contributed by atoms with E-state index in [1.165, 1.54) is 0 Å². The molecule has 15 heavy (non-hydrogen) atoms. The Bertz CT molecular complexity index is 321. The van der Waals surface area contributed by atoms with E-state index in [0.717, 1.165) is 24.7 Å². The lowest BCUT2D eigenvalue weighted by molar-refractivity contribution is -0.107. The number of unbranched alkanes of at least 4 members (excludes halogenated alkanes) is 1. The second-order valence-corrected chi connectivity index (χ2v) is 3.29. The number of phenolic OH excluding ortho intramolecular Hbond substituents is 1. The van der Waals surface area contributed by atoms with Crippen molar-refractivity contribution >= 4 is 6.29 Å². The lowest BCUT2D eigenvalue weighted by atomic mass is 10.1. The summed E-state index contributed by atoms with van der Waals surface area (Å²) in [5.41, 5.74) is 1.08. The molecule has 0 saturated carbocycles. The smallest absolute Gasteiger partial charge is 0.161 e. The normalized spacial score (nSPS) is 9.93. The fourth-order valence-electron chi connectivity index (χ4n) is 1.37. The van der Waals surface area contributed by atoms with Gasteiger partial charge in [0, 0.05) is 6.42 Å². The van der Waals surface area contributed by atoms with Gasteiger partial charge in [0.1, 0.15) is 6.29 Å². The van der Waals surface area contributed by atoms with Crippen molar-refractivity contribution < 1.29 is 14.6 Å². The summed E-state index contributed by atoms with van der Waals surface area (Å²) in [4.78, 5) is 10.2. The van der Waals surface area contributed by atoms with Gasteiger partial charge in [-0.1, -0.05) is 6.07 Å². The highest BCUT2D eigenvalue weighted by Crippen LogP contribution is 2.27. The molecule has 0 spiro atoms. The van der Waals surface area contributed by atoms with Crippen molar-refractivity contribution in [1.29, 1.82) is 0 Å². The average Bonchev–Trinajstić information content (AvgIpc) is 2.23. The van der Waals surface area contributed by atoms with Gasteiger partial charge in [0.15, 0.2) is 11.5 Å². The fourth-order valence-corrected chi connectivity index (χ4v) is 1.37. The van der Waals surface area contributed by atoms with E-state index < -0.39 is 0 Å². The Kier molecular flexibility index (Phi) is 4.68. The maximum Gasteiger partial charge on any atom is 0.161 e. The van der Waals surface area contributed by atoms with Crippen molar-refractivity contribution in [1.82, 2.24) is 0 Å². The third-order valence-electron chi connectivity index (χ3n) is 2.11. The Balaban J connectivity index is 2.64. The molecule has 0 aliphatic rings. The van der Waals surface area contributed by atoms with Crippen LogP contribution < -0.4 is 4.74 Å². The van der Waals surface area contributed by atoms with Crippen LogP contribution in [0.25, 0.3) is 0 Å². The van der Waals surface area contributed by atoms with Gasteiger partial charge in [-0.25, -0.2) is 0 Å². The molecule has 0 aliphatic carbocycles. The third-order valence-corrected chi connectivity index (χ3v) is 2.11. The lowest BCUT2D eigenvalue weighted by Gasteiger charge is -2.07. The minimum atomic E-state index is 0.163. The number of aromatic hydroxyl groups is 1. The molecule has 1 aromatic carbocycles. The summed E-state index contributed by atoms with van der Waals surface area (Å²) in [7, 11) is 0. The molecule has 0 saturated heterocycles. The predicted molar refractivity (Wildman–Crippen MR) is 58.3 cm³/mol. The largest absolute Gasteiger partial charge is 0.504 e. The zero-order valence-electron chi connectivity index (χ0n) is 8.90. The molecule has 82 valence electrons. The molecule has 1 N–H and O–H groups in total. The molecule has 0 radical (unpaired) electrons. The lowest BCUT2D eigenvalue weighted by Crippen LogP contribution is -1.94. The van der Waals surface area contributed by atoms with E-state index in [-0.39, 0.29) is 5.75 Å². The zero-order chi connectivity index (χ0) is 11.1. The number of rotatable bonds is 6. The van der Waals surface area contributed by atoms with Crippen molar-refractivity contribution in [3.8, 4) is 11.5 Å². The molecule has 0 aromatic heterocycles. The summed E-state index contributed by atoms with van der Waals surface area (Å²) in [5.74, 6) is 0.678. The molecular formula is C12H16O3. The van der Waals surface area contributed by atoms with Crippen LogP contribution in [0.5, 0.6) is 11.5 Å². The first-order chi connectivity index (χ1) is 7.27.